The zero-order valence-corrected chi connectivity index (χ0v) is 12.5. The second kappa shape index (κ2) is 6.51. The highest BCUT2D eigenvalue weighted by atomic mass is 32.2. The molecule has 0 spiro atoms. The molecule has 0 unspecified atom stereocenters. The average Bonchev–Trinajstić information content (AvgIpc) is 2.36. The molecule has 0 saturated carbocycles. The van der Waals surface area contributed by atoms with E-state index < -0.39 is 28.6 Å². The van der Waals surface area contributed by atoms with Crippen LogP contribution < -0.4 is 0 Å². The second-order valence-corrected chi connectivity index (χ2v) is 7.15. The Morgan fingerprint density at radius 1 is 1.09 bits per heavy atom. The SMILES string of the molecule is O=S(=O)(Cc1cccc(F)c1)N1CCN(CC(F)(F)F)CC1. The van der Waals surface area contributed by atoms with E-state index in [-0.39, 0.29) is 31.9 Å². The molecule has 1 aliphatic rings. The summed E-state index contributed by atoms with van der Waals surface area (Å²) >= 11 is 0. The van der Waals surface area contributed by atoms with Gasteiger partial charge in [0.05, 0.1) is 12.3 Å². The average molecular weight is 340 g/mol. The Labute approximate surface area is 126 Å². The Balaban J connectivity index is 1.95. The van der Waals surface area contributed by atoms with E-state index in [9.17, 15) is 26.0 Å². The number of halogens is 4. The zero-order chi connectivity index (χ0) is 16.4. The maximum Gasteiger partial charge on any atom is 0.401 e. The summed E-state index contributed by atoms with van der Waals surface area (Å²) in [6, 6.07) is 5.27. The molecule has 9 heteroatoms. The summed E-state index contributed by atoms with van der Waals surface area (Å²) in [6.45, 7) is -0.962. The fourth-order valence-corrected chi connectivity index (χ4v) is 3.85. The van der Waals surface area contributed by atoms with Crippen molar-refractivity contribution in [3.8, 4) is 0 Å². The molecule has 0 aromatic heterocycles. The molecule has 0 aliphatic carbocycles. The number of sulfonamides is 1. The molecule has 1 fully saturated rings. The van der Waals surface area contributed by atoms with Gasteiger partial charge in [-0.2, -0.15) is 17.5 Å². The minimum absolute atomic E-state index is 0.00767. The summed E-state index contributed by atoms with van der Waals surface area (Å²) in [4.78, 5) is 1.17. The minimum Gasteiger partial charge on any atom is -0.292 e. The topological polar surface area (TPSA) is 40.6 Å². The molecule has 0 bridgehead atoms. The lowest BCUT2D eigenvalue weighted by Crippen LogP contribution is -2.51. The van der Waals surface area contributed by atoms with Gasteiger partial charge in [0.15, 0.2) is 0 Å². The molecule has 0 amide bonds. The summed E-state index contributed by atoms with van der Waals surface area (Å²) in [5, 5.41) is 0. The first-order valence-corrected chi connectivity index (χ1v) is 8.28. The van der Waals surface area contributed by atoms with E-state index in [1.54, 1.807) is 0 Å². The highest BCUT2D eigenvalue weighted by Crippen LogP contribution is 2.19. The third-order valence-electron chi connectivity index (χ3n) is 3.37. The van der Waals surface area contributed by atoms with Crippen LogP contribution in [0.3, 0.4) is 0 Å². The van der Waals surface area contributed by atoms with Crippen molar-refractivity contribution in [2.45, 2.75) is 11.9 Å². The molecule has 1 aromatic carbocycles. The van der Waals surface area contributed by atoms with Crippen molar-refractivity contribution in [2.75, 3.05) is 32.7 Å². The number of piperazine rings is 1. The first-order valence-electron chi connectivity index (χ1n) is 6.67. The fourth-order valence-electron chi connectivity index (χ4n) is 2.35. The number of hydrogen-bond donors (Lipinski definition) is 0. The van der Waals surface area contributed by atoms with Gasteiger partial charge in [-0.1, -0.05) is 12.1 Å². The van der Waals surface area contributed by atoms with Crippen LogP contribution in [0.15, 0.2) is 24.3 Å². The first-order chi connectivity index (χ1) is 10.2. The van der Waals surface area contributed by atoms with Crippen LogP contribution >= 0.6 is 0 Å². The van der Waals surface area contributed by atoms with Crippen LogP contribution in [0.4, 0.5) is 17.6 Å². The van der Waals surface area contributed by atoms with Gasteiger partial charge in [-0.25, -0.2) is 12.8 Å². The van der Waals surface area contributed by atoms with Crippen LogP contribution in [-0.2, 0) is 15.8 Å². The highest BCUT2D eigenvalue weighted by Gasteiger charge is 2.34. The Hall–Kier alpha value is -1.19. The molecule has 2 rings (SSSR count). The summed E-state index contributed by atoms with van der Waals surface area (Å²) in [7, 11) is -3.66. The van der Waals surface area contributed by atoms with Crippen molar-refractivity contribution in [3.05, 3.63) is 35.6 Å². The molecular formula is C13H16F4N2O2S. The van der Waals surface area contributed by atoms with Crippen LogP contribution in [0.1, 0.15) is 5.56 Å². The van der Waals surface area contributed by atoms with Gasteiger partial charge in [-0.05, 0) is 17.7 Å². The van der Waals surface area contributed by atoms with Gasteiger partial charge in [0, 0.05) is 26.2 Å². The van der Waals surface area contributed by atoms with Crippen molar-refractivity contribution < 1.29 is 26.0 Å². The quantitative estimate of drug-likeness (QED) is 0.786. The summed E-state index contributed by atoms with van der Waals surface area (Å²) in [5.41, 5.74) is 0.317. The molecule has 1 aliphatic heterocycles. The molecule has 1 saturated heterocycles. The van der Waals surface area contributed by atoms with Gasteiger partial charge in [0.1, 0.15) is 5.82 Å². The van der Waals surface area contributed by atoms with Gasteiger partial charge in [-0.3, -0.25) is 4.90 Å². The lowest BCUT2D eigenvalue weighted by atomic mass is 10.2. The number of nitrogens with zero attached hydrogens (tertiary/aromatic N) is 2. The van der Waals surface area contributed by atoms with E-state index in [1.165, 1.54) is 23.1 Å². The van der Waals surface area contributed by atoms with E-state index in [0.717, 1.165) is 10.4 Å². The van der Waals surface area contributed by atoms with Crippen molar-refractivity contribution >= 4 is 10.0 Å². The molecule has 124 valence electrons. The Morgan fingerprint density at radius 2 is 1.73 bits per heavy atom. The monoisotopic (exact) mass is 340 g/mol. The Kier molecular flexibility index (Phi) is 5.08. The van der Waals surface area contributed by atoms with E-state index in [2.05, 4.69) is 0 Å². The van der Waals surface area contributed by atoms with Crippen LogP contribution in [0, 0.1) is 5.82 Å². The molecule has 0 N–H and O–H groups in total. The fraction of sp³-hybridized carbons (Fsp3) is 0.538. The van der Waals surface area contributed by atoms with Gasteiger partial charge in [0.25, 0.3) is 0 Å². The van der Waals surface area contributed by atoms with Crippen LogP contribution in [0.2, 0.25) is 0 Å². The third kappa shape index (κ3) is 4.92. The summed E-state index contributed by atoms with van der Waals surface area (Å²) in [6.07, 6.45) is -4.29. The van der Waals surface area contributed by atoms with Crippen molar-refractivity contribution in [1.29, 1.82) is 0 Å². The smallest absolute Gasteiger partial charge is 0.292 e. The van der Waals surface area contributed by atoms with Crippen molar-refractivity contribution in [2.24, 2.45) is 0 Å². The number of benzene rings is 1. The van der Waals surface area contributed by atoms with Crippen molar-refractivity contribution in [1.82, 2.24) is 9.21 Å². The van der Waals surface area contributed by atoms with Crippen LogP contribution in [0.25, 0.3) is 0 Å². The molecule has 22 heavy (non-hydrogen) atoms. The lowest BCUT2D eigenvalue weighted by molar-refractivity contribution is -0.148. The highest BCUT2D eigenvalue weighted by molar-refractivity contribution is 7.88. The van der Waals surface area contributed by atoms with E-state index in [1.807, 2.05) is 0 Å². The Morgan fingerprint density at radius 3 is 2.27 bits per heavy atom. The Bertz CT molecular complexity index is 611. The third-order valence-corrected chi connectivity index (χ3v) is 5.22. The first kappa shape index (κ1) is 17.2. The predicted octanol–water partition coefficient (Wildman–Crippen LogP) is 1.84. The maximum atomic E-state index is 13.1. The van der Waals surface area contributed by atoms with Crippen LogP contribution in [-0.4, -0.2) is 56.5 Å². The van der Waals surface area contributed by atoms with Gasteiger partial charge >= 0.3 is 6.18 Å². The molecular weight excluding hydrogens is 324 g/mol. The normalized spacial score (nSPS) is 18.5. The molecule has 0 atom stereocenters. The molecule has 0 radical (unpaired) electrons. The van der Waals surface area contributed by atoms with Gasteiger partial charge in [0.2, 0.25) is 10.0 Å². The molecule has 1 aromatic rings. The minimum atomic E-state index is -4.29. The second-order valence-electron chi connectivity index (χ2n) is 5.18. The summed E-state index contributed by atoms with van der Waals surface area (Å²) in [5.74, 6) is -0.882. The van der Waals surface area contributed by atoms with Gasteiger partial charge in [-0.15, -0.1) is 0 Å². The number of rotatable bonds is 4. The maximum absolute atomic E-state index is 13.1. The standard InChI is InChI=1S/C13H16F4N2O2S/c14-12-3-1-2-11(8-12)9-22(20,21)19-6-4-18(5-7-19)10-13(15,16)17/h1-3,8H,4-7,9-10H2. The lowest BCUT2D eigenvalue weighted by Gasteiger charge is -2.34. The van der Waals surface area contributed by atoms with E-state index in [4.69, 9.17) is 0 Å². The molecule has 1 heterocycles. The number of hydrogen-bond acceptors (Lipinski definition) is 3. The molecule has 4 nitrogen and oxygen atoms in total. The zero-order valence-electron chi connectivity index (χ0n) is 11.7. The van der Waals surface area contributed by atoms with E-state index in [0.29, 0.717) is 5.56 Å². The van der Waals surface area contributed by atoms with Crippen LogP contribution in [0.5, 0.6) is 0 Å². The predicted molar refractivity (Wildman–Crippen MR) is 73.1 cm³/mol. The number of alkyl halides is 3. The van der Waals surface area contributed by atoms with Gasteiger partial charge < -0.3 is 0 Å². The largest absolute Gasteiger partial charge is 0.401 e. The van der Waals surface area contributed by atoms with E-state index >= 15 is 0 Å². The van der Waals surface area contributed by atoms with Crippen molar-refractivity contribution in [3.63, 3.8) is 0 Å². The summed E-state index contributed by atoms with van der Waals surface area (Å²) < 4.78 is 75.5.